The van der Waals surface area contributed by atoms with Gasteiger partial charge in [0.2, 0.25) is 0 Å². The molecule has 0 unspecified atom stereocenters. The van der Waals surface area contributed by atoms with E-state index < -0.39 is 16.0 Å². The average Bonchev–Trinajstić information content (AvgIpc) is 2.49. The molecule has 1 N–H and O–H groups in total. The van der Waals surface area contributed by atoms with Crippen LogP contribution in [0.15, 0.2) is 47.5 Å². The standard InChI is InChI=1S/C13H11ClN2O4S/c1-20-13(17)9-4-6-10(7-5-9)21(18,19)16-11-3-2-8-15-12(11)14/h2-8,16H,1H3. The smallest absolute Gasteiger partial charge is 0.337 e. The summed E-state index contributed by atoms with van der Waals surface area (Å²) in [6, 6.07) is 8.40. The van der Waals surface area contributed by atoms with Crippen LogP contribution in [0.5, 0.6) is 0 Å². The number of benzene rings is 1. The maximum Gasteiger partial charge on any atom is 0.337 e. The summed E-state index contributed by atoms with van der Waals surface area (Å²) in [4.78, 5) is 15.1. The highest BCUT2D eigenvalue weighted by Gasteiger charge is 2.16. The highest BCUT2D eigenvalue weighted by Crippen LogP contribution is 2.22. The van der Waals surface area contributed by atoms with Crippen molar-refractivity contribution in [3.05, 3.63) is 53.3 Å². The molecule has 8 heteroatoms. The number of pyridine rings is 1. The first-order chi connectivity index (χ1) is 9.94. The molecule has 0 amide bonds. The van der Waals surface area contributed by atoms with Crippen LogP contribution < -0.4 is 4.72 Å². The Morgan fingerprint density at radius 2 is 1.90 bits per heavy atom. The number of carbonyl (C=O) groups excluding carboxylic acids is 1. The van der Waals surface area contributed by atoms with E-state index in [0.29, 0.717) is 0 Å². The number of aromatic nitrogens is 1. The Morgan fingerprint density at radius 3 is 2.48 bits per heavy atom. The van der Waals surface area contributed by atoms with Gasteiger partial charge in [-0.25, -0.2) is 18.2 Å². The molecular weight excluding hydrogens is 316 g/mol. The van der Waals surface area contributed by atoms with Crippen LogP contribution in [0.1, 0.15) is 10.4 Å². The Morgan fingerprint density at radius 1 is 1.24 bits per heavy atom. The molecule has 2 aromatic rings. The van der Waals surface area contributed by atoms with E-state index in [1.807, 2.05) is 0 Å². The summed E-state index contributed by atoms with van der Waals surface area (Å²) in [5.41, 5.74) is 0.437. The van der Waals surface area contributed by atoms with Crippen LogP contribution in [0.3, 0.4) is 0 Å². The molecule has 21 heavy (non-hydrogen) atoms. The third-order valence-electron chi connectivity index (χ3n) is 2.59. The zero-order valence-corrected chi connectivity index (χ0v) is 12.5. The zero-order valence-electron chi connectivity index (χ0n) is 10.9. The monoisotopic (exact) mass is 326 g/mol. The van der Waals surface area contributed by atoms with Gasteiger partial charge in [-0.1, -0.05) is 11.6 Å². The lowest BCUT2D eigenvalue weighted by Gasteiger charge is -2.09. The molecule has 0 fully saturated rings. The molecule has 6 nitrogen and oxygen atoms in total. The number of ether oxygens (including phenoxy) is 1. The van der Waals surface area contributed by atoms with Gasteiger partial charge in [0.25, 0.3) is 10.0 Å². The van der Waals surface area contributed by atoms with Gasteiger partial charge in [0.05, 0.1) is 23.3 Å². The molecule has 0 aliphatic heterocycles. The predicted molar refractivity (Wildman–Crippen MR) is 77.8 cm³/mol. The van der Waals surface area contributed by atoms with E-state index in [2.05, 4.69) is 14.4 Å². The second kappa shape index (κ2) is 6.11. The number of esters is 1. The molecule has 0 radical (unpaired) electrons. The number of methoxy groups -OCH3 is 1. The van der Waals surface area contributed by atoms with Gasteiger partial charge in [-0.05, 0) is 36.4 Å². The molecule has 1 aromatic carbocycles. The summed E-state index contributed by atoms with van der Waals surface area (Å²) in [5, 5.41) is 0.0484. The van der Waals surface area contributed by atoms with Crippen LogP contribution in [0, 0.1) is 0 Å². The number of nitrogens with one attached hydrogen (secondary N) is 1. The maximum absolute atomic E-state index is 12.2. The zero-order chi connectivity index (χ0) is 15.5. The fourth-order valence-corrected chi connectivity index (χ4v) is 2.84. The van der Waals surface area contributed by atoms with E-state index in [4.69, 9.17) is 11.6 Å². The quantitative estimate of drug-likeness (QED) is 0.688. The summed E-state index contributed by atoms with van der Waals surface area (Å²) < 4.78 is 31.3. The lowest BCUT2D eigenvalue weighted by Crippen LogP contribution is -2.13. The summed E-state index contributed by atoms with van der Waals surface area (Å²) in [6.07, 6.45) is 1.45. The van der Waals surface area contributed by atoms with E-state index >= 15 is 0 Å². The fraction of sp³-hybridized carbons (Fsp3) is 0.0769. The predicted octanol–water partition coefficient (Wildman–Crippen LogP) is 2.32. The Labute approximate surface area is 126 Å². The number of anilines is 1. The highest BCUT2D eigenvalue weighted by molar-refractivity contribution is 7.92. The molecule has 110 valence electrons. The molecule has 0 spiro atoms. The first-order valence-corrected chi connectivity index (χ1v) is 7.62. The number of hydrogen-bond acceptors (Lipinski definition) is 5. The number of rotatable bonds is 4. The molecule has 2 rings (SSSR count). The van der Waals surface area contributed by atoms with E-state index in [1.165, 1.54) is 43.6 Å². The van der Waals surface area contributed by atoms with Crippen LogP contribution in [-0.4, -0.2) is 26.5 Å². The Hall–Kier alpha value is -2.12. The number of hydrogen-bond donors (Lipinski definition) is 1. The van der Waals surface area contributed by atoms with Crippen LogP contribution in [-0.2, 0) is 14.8 Å². The lowest BCUT2D eigenvalue weighted by molar-refractivity contribution is 0.0600. The van der Waals surface area contributed by atoms with Gasteiger partial charge >= 0.3 is 5.97 Å². The first-order valence-electron chi connectivity index (χ1n) is 5.76. The van der Waals surface area contributed by atoms with E-state index in [-0.39, 0.29) is 21.3 Å². The van der Waals surface area contributed by atoms with Crippen molar-refractivity contribution >= 4 is 33.3 Å². The SMILES string of the molecule is COC(=O)c1ccc(S(=O)(=O)Nc2cccnc2Cl)cc1. The average molecular weight is 327 g/mol. The second-order valence-corrected chi connectivity index (χ2v) is 6.00. The minimum absolute atomic E-state index is 0.00456. The van der Waals surface area contributed by atoms with Crippen molar-refractivity contribution in [1.29, 1.82) is 0 Å². The van der Waals surface area contributed by atoms with Gasteiger partial charge in [0.1, 0.15) is 0 Å². The van der Waals surface area contributed by atoms with Crippen molar-refractivity contribution in [3.8, 4) is 0 Å². The van der Waals surface area contributed by atoms with Gasteiger partial charge in [-0.2, -0.15) is 0 Å². The second-order valence-electron chi connectivity index (χ2n) is 3.96. The van der Waals surface area contributed by atoms with Gasteiger partial charge in [-0.3, -0.25) is 4.72 Å². The number of halogens is 1. The minimum atomic E-state index is -3.81. The minimum Gasteiger partial charge on any atom is -0.465 e. The molecular formula is C13H11ClN2O4S. The van der Waals surface area contributed by atoms with Crippen LogP contribution in [0.4, 0.5) is 5.69 Å². The van der Waals surface area contributed by atoms with Crippen molar-refractivity contribution in [1.82, 2.24) is 4.98 Å². The third kappa shape index (κ3) is 3.50. The molecule has 0 saturated carbocycles. The fourth-order valence-electron chi connectivity index (χ4n) is 1.55. The Bertz CT molecular complexity index is 760. The maximum atomic E-state index is 12.2. The largest absolute Gasteiger partial charge is 0.465 e. The van der Waals surface area contributed by atoms with Gasteiger partial charge < -0.3 is 4.74 Å². The molecule has 0 bridgehead atoms. The first kappa shape index (κ1) is 15.3. The van der Waals surface area contributed by atoms with Crippen LogP contribution >= 0.6 is 11.6 Å². The van der Waals surface area contributed by atoms with Gasteiger partial charge in [0, 0.05) is 6.20 Å². The van der Waals surface area contributed by atoms with Gasteiger partial charge in [0.15, 0.2) is 5.15 Å². The molecule has 0 aliphatic carbocycles. The highest BCUT2D eigenvalue weighted by atomic mass is 35.5. The molecule has 1 aromatic heterocycles. The van der Waals surface area contributed by atoms with Crippen LogP contribution in [0.25, 0.3) is 0 Å². The molecule has 0 atom stereocenters. The summed E-state index contributed by atoms with van der Waals surface area (Å²) in [6.45, 7) is 0. The number of carbonyl (C=O) groups is 1. The van der Waals surface area contributed by atoms with Crippen molar-refractivity contribution in [3.63, 3.8) is 0 Å². The molecule has 1 heterocycles. The van der Waals surface area contributed by atoms with Crippen molar-refractivity contribution in [2.24, 2.45) is 0 Å². The molecule has 0 aliphatic rings. The van der Waals surface area contributed by atoms with Crippen LogP contribution in [0.2, 0.25) is 5.15 Å². The Kier molecular flexibility index (Phi) is 4.44. The van der Waals surface area contributed by atoms with Crippen molar-refractivity contribution in [2.45, 2.75) is 4.90 Å². The summed E-state index contributed by atoms with van der Waals surface area (Å²) in [5.74, 6) is -0.540. The van der Waals surface area contributed by atoms with E-state index in [1.54, 1.807) is 6.07 Å². The number of nitrogens with zero attached hydrogens (tertiary/aromatic N) is 1. The van der Waals surface area contributed by atoms with Crippen molar-refractivity contribution in [2.75, 3.05) is 11.8 Å². The van der Waals surface area contributed by atoms with E-state index in [9.17, 15) is 13.2 Å². The summed E-state index contributed by atoms with van der Waals surface area (Å²) >= 11 is 5.80. The third-order valence-corrected chi connectivity index (χ3v) is 4.27. The lowest BCUT2D eigenvalue weighted by atomic mass is 10.2. The van der Waals surface area contributed by atoms with E-state index in [0.717, 1.165) is 0 Å². The summed E-state index contributed by atoms with van der Waals surface area (Å²) in [7, 11) is -2.56. The Balaban J connectivity index is 2.28. The topological polar surface area (TPSA) is 85.4 Å². The molecule has 0 saturated heterocycles. The normalized spacial score (nSPS) is 11.0. The number of sulfonamides is 1. The van der Waals surface area contributed by atoms with Gasteiger partial charge in [-0.15, -0.1) is 0 Å². The van der Waals surface area contributed by atoms with Crippen molar-refractivity contribution < 1.29 is 17.9 Å².